The molecular formula is C15H19N3O5S. The van der Waals surface area contributed by atoms with Gasteiger partial charge in [-0.25, -0.2) is 8.42 Å². The maximum Gasteiger partial charge on any atom is 0.251 e. The van der Waals surface area contributed by atoms with Crippen LogP contribution in [0.3, 0.4) is 0 Å². The standard InChI is InChI=1S/C15H19N3O5S/c1-10(19)17-12-4-2-3-11(7-12)15(21)16-8-14(20)18-13-5-6-24(22,23)9-13/h2-4,7,13H,5-6,8-9H2,1H3,(H,16,21)(H,17,19)(H,18,20). The number of amides is 3. The minimum atomic E-state index is -3.07. The summed E-state index contributed by atoms with van der Waals surface area (Å²) in [6, 6.07) is 5.91. The lowest BCUT2D eigenvalue weighted by Gasteiger charge is -2.11. The number of rotatable bonds is 5. The molecule has 0 radical (unpaired) electrons. The predicted molar refractivity (Wildman–Crippen MR) is 88.3 cm³/mol. The van der Waals surface area contributed by atoms with E-state index in [-0.39, 0.29) is 24.0 Å². The lowest BCUT2D eigenvalue weighted by atomic mass is 10.2. The lowest BCUT2D eigenvalue weighted by molar-refractivity contribution is -0.120. The van der Waals surface area contributed by atoms with Crippen molar-refractivity contribution in [1.29, 1.82) is 0 Å². The van der Waals surface area contributed by atoms with E-state index in [4.69, 9.17) is 0 Å². The third-order valence-electron chi connectivity index (χ3n) is 3.45. The average Bonchev–Trinajstić information content (AvgIpc) is 2.83. The summed E-state index contributed by atoms with van der Waals surface area (Å²) in [4.78, 5) is 34.8. The first kappa shape index (κ1) is 17.9. The van der Waals surface area contributed by atoms with Crippen molar-refractivity contribution in [1.82, 2.24) is 10.6 Å². The van der Waals surface area contributed by atoms with Gasteiger partial charge in [-0.3, -0.25) is 14.4 Å². The summed E-state index contributed by atoms with van der Waals surface area (Å²) in [5.41, 5.74) is 0.785. The Morgan fingerprint density at radius 2 is 2.00 bits per heavy atom. The van der Waals surface area contributed by atoms with Gasteiger partial charge in [0.1, 0.15) is 0 Å². The van der Waals surface area contributed by atoms with Crippen LogP contribution in [0.5, 0.6) is 0 Å². The molecule has 1 aliphatic rings. The summed E-state index contributed by atoms with van der Waals surface area (Å²) in [7, 11) is -3.07. The summed E-state index contributed by atoms with van der Waals surface area (Å²) < 4.78 is 22.7. The minimum Gasteiger partial charge on any atom is -0.351 e. The Bertz CT molecular complexity index is 760. The first-order chi connectivity index (χ1) is 11.2. The van der Waals surface area contributed by atoms with Crippen molar-refractivity contribution in [2.75, 3.05) is 23.4 Å². The van der Waals surface area contributed by atoms with E-state index in [0.717, 1.165) is 0 Å². The fourth-order valence-electron chi connectivity index (χ4n) is 2.39. The molecule has 24 heavy (non-hydrogen) atoms. The van der Waals surface area contributed by atoms with Gasteiger partial charge in [-0.2, -0.15) is 0 Å². The number of carbonyl (C=O) groups excluding carboxylic acids is 3. The van der Waals surface area contributed by atoms with Gasteiger partial charge < -0.3 is 16.0 Å². The molecule has 0 saturated carbocycles. The van der Waals surface area contributed by atoms with E-state index in [9.17, 15) is 22.8 Å². The second-order valence-electron chi connectivity index (χ2n) is 5.61. The van der Waals surface area contributed by atoms with Crippen molar-refractivity contribution in [3.05, 3.63) is 29.8 Å². The van der Waals surface area contributed by atoms with E-state index >= 15 is 0 Å². The van der Waals surface area contributed by atoms with Crippen molar-refractivity contribution >= 4 is 33.2 Å². The number of anilines is 1. The van der Waals surface area contributed by atoms with Gasteiger partial charge >= 0.3 is 0 Å². The molecule has 1 fully saturated rings. The third kappa shape index (κ3) is 5.34. The molecule has 8 nitrogen and oxygen atoms in total. The van der Waals surface area contributed by atoms with Gasteiger partial charge in [-0.15, -0.1) is 0 Å². The molecule has 1 unspecified atom stereocenters. The van der Waals surface area contributed by atoms with Crippen LogP contribution in [0.4, 0.5) is 5.69 Å². The summed E-state index contributed by atoms with van der Waals surface area (Å²) >= 11 is 0. The normalized spacial score (nSPS) is 18.6. The zero-order chi connectivity index (χ0) is 17.7. The van der Waals surface area contributed by atoms with E-state index in [1.807, 2.05) is 0 Å². The number of sulfone groups is 1. The largest absolute Gasteiger partial charge is 0.351 e. The highest BCUT2D eigenvalue weighted by molar-refractivity contribution is 7.91. The van der Waals surface area contributed by atoms with Gasteiger partial charge in [-0.05, 0) is 24.6 Å². The van der Waals surface area contributed by atoms with Crippen LogP contribution in [0.1, 0.15) is 23.7 Å². The van der Waals surface area contributed by atoms with Crippen molar-refractivity contribution in [3.8, 4) is 0 Å². The Kier molecular flexibility index (Phi) is 5.55. The van der Waals surface area contributed by atoms with Crippen molar-refractivity contribution in [3.63, 3.8) is 0 Å². The smallest absolute Gasteiger partial charge is 0.251 e. The summed E-state index contributed by atoms with van der Waals surface area (Å²) in [5, 5.41) is 7.62. The van der Waals surface area contributed by atoms with Crippen molar-refractivity contribution in [2.45, 2.75) is 19.4 Å². The highest BCUT2D eigenvalue weighted by Gasteiger charge is 2.28. The fourth-order valence-corrected chi connectivity index (χ4v) is 4.06. The van der Waals surface area contributed by atoms with Crippen molar-refractivity contribution in [2.24, 2.45) is 0 Å². The molecule has 0 bridgehead atoms. The zero-order valence-electron chi connectivity index (χ0n) is 13.2. The molecule has 1 aromatic carbocycles. The Hall–Kier alpha value is -2.42. The summed E-state index contributed by atoms with van der Waals surface area (Å²) in [5.74, 6) is -1.15. The van der Waals surface area contributed by atoms with Gasteiger partial charge in [0.05, 0.1) is 18.1 Å². The average molecular weight is 353 g/mol. The quantitative estimate of drug-likeness (QED) is 0.670. The molecule has 130 valence electrons. The van der Waals surface area contributed by atoms with Crippen LogP contribution < -0.4 is 16.0 Å². The number of carbonyl (C=O) groups is 3. The summed E-state index contributed by atoms with van der Waals surface area (Å²) in [6.07, 6.45) is 0.390. The SMILES string of the molecule is CC(=O)Nc1cccc(C(=O)NCC(=O)NC2CCS(=O)(=O)C2)c1. The molecular weight excluding hydrogens is 334 g/mol. The highest BCUT2D eigenvalue weighted by atomic mass is 32.2. The monoisotopic (exact) mass is 353 g/mol. The van der Waals surface area contributed by atoms with Crippen LogP contribution in [-0.4, -0.2) is 50.2 Å². The topological polar surface area (TPSA) is 121 Å². The van der Waals surface area contributed by atoms with Crippen LogP contribution in [0.2, 0.25) is 0 Å². The minimum absolute atomic E-state index is 0.0640. The van der Waals surface area contributed by atoms with Gasteiger partial charge in [0.15, 0.2) is 9.84 Å². The maximum atomic E-state index is 12.0. The Labute approximate surface area is 139 Å². The van der Waals surface area contributed by atoms with Gasteiger partial charge in [0, 0.05) is 24.2 Å². The molecule has 1 aromatic rings. The molecule has 3 N–H and O–H groups in total. The summed E-state index contributed by atoms with van der Waals surface area (Å²) in [6.45, 7) is 1.11. The van der Waals surface area contributed by atoms with Gasteiger partial charge in [-0.1, -0.05) is 6.07 Å². The maximum absolute atomic E-state index is 12.0. The van der Waals surface area contributed by atoms with Crippen LogP contribution in [0.15, 0.2) is 24.3 Å². The molecule has 2 rings (SSSR count). The molecule has 1 aliphatic heterocycles. The molecule has 0 aliphatic carbocycles. The second kappa shape index (κ2) is 7.43. The first-order valence-electron chi connectivity index (χ1n) is 7.41. The third-order valence-corrected chi connectivity index (χ3v) is 5.22. The fraction of sp³-hybridized carbons (Fsp3) is 0.400. The predicted octanol–water partition coefficient (Wildman–Crippen LogP) is -0.322. The van der Waals surface area contributed by atoms with Crippen LogP contribution >= 0.6 is 0 Å². The number of hydrogen-bond donors (Lipinski definition) is 3. The highest BCUT2D eigenvalue weighted by Crippen LogP contribution is 2.11. The Balaban J connectivity index is 1.84. The van der Waals surface area contributed by atoms with Crippen LogP contribution in [0, 0.1) is 0 Å². The van der Waals surface area contributed by atoms with Crippen molar-refractivity contribution < 1.29 is 22.8 Å². The molecule has 9 heteroatoms. The Morgan fingerprint density at radius 1 is 1.25 bits per heavy atom. The molecule has 0 aromatic heterocycles. The molecule has 1 saturated heterocycles. The molecule has 1 atom stereocenters. The first-order valence-corrected chi connectivity index (χ1v) is 9.23. The van der Waals surface area contributed by atoms with E-state index < -0.39 is 27.7 Å². The van der Waals surface area contributed by atoms with E-state index in [2.05, 4.69) is 16.0 Å². The van der Waals surface area contributed by atoms with Crippen LogP contribution in [0.25, 0.3) is 0 Å². The van der Waals surface area contributed by atoms with Gasteiger partial charge in [0.25, 0.3) is 5.91 Å². The number of benzene rings is 1. The Morgan fingerprint density at radius 3 is 2.62 bits per heavy atom. The van der Waals surface area contributed by atoms with Gasteiger partial charge in [0.2, 0.25) is 11.8 Å². The zero-order valence-corrected chi connectivity index (χ0v) is 14.0. The number of hydrogen-bond acceptors (Lipinski definition) is 5. The second-order valence-corrected chi connectivity index (χ2v) is 7.84. The lowest BCUT2D eigenvalue weighted by Crippen LogP contribution is -2.42. The molecule has 0 spiro atoms. The van der Waals surface area contributed by atoms with E-state index in [1.54, 1.807) is 18.2 Å². The number of nitrogens with one attached hydrogen (secondary N) is 3. The molecule has 1 heterocycles. The van der Waals surface area contributed by atoms with Crippen LogP contribution in [-0.2, 0) is 19.4 Å². The van der Waals surface area contributed by atoms with E-state index in [0.29, 0.717) is 17.7 Å². The molecule has 3 amide bonds. The van der Waals surface area contributed by atoms with E-state index in [1.165, 1.54) is 13.0 Å².